The Labute approximate surface area is 187 Å². The van der Waals surface area contributed by atoms with Gasteiger partial charge >= 0.3 is 0 Å². The molecule has 3 aromatic rings. The van der Waals surface area contributed by atoms with Gasteiger partial charge < -0.3 is 5.32 Å². The zero-order valence-corrected chi connectivity index (χ0v) is 18.3. The molecular formula is C22H19FN4O2S2. The number of halogens is 1. The van der Waals surface area contributed by atoms with Crippen molar-refractivity contribution >= 4 is 51.7 Å². The minimum absolute atomic E-state index is 0.234. The zero-order chi connectivity index (χ0) is 22.0. The lowest BCUT2D eigenvalue weighted by Gasteiger charge is -2.14. The first-order valence-corrected chi connectivity index (χ1v) is 11.0. The van der Waals surface area contributed by atoms with Gasteiger partial charge in [-0.25, -0.2) is 9.37 Å². The minimum atomic E-state index is -0.342. The van der Waals surface area contributed by atoms with E-state index in [2.05, 4.69) is 10.3 Å². The molecule has 2 aromatic heterocycles. The molecule has 1 aromatic carbocycles. The molecule has 4 rings (SSSR count). The molecule has 0 saturated carbocycles. The van der Waals surface area contributed by atoms with Crippen LogP contribution in [0, 0.1) is 5.82 Å². The molecule has 0 spiro atoms. The highest BCUT2D eigenvalue weighted by molar-refractivity contribution is 8.26. The number of fused-ring (bicyclic) bond motifs is 1. The molecule has 1 saturated heterocycles. The fraction of sp³-hybridized carbons (Fsp3) is 0.182. The second kappa shape index (κ2) is 8.99. The van der Waals surface area contributed by atoms with Crippen molar-refractivity contribution in [1.82, 2.24) is 14.3 Å². The van der Waals surface area contributed by atoms with Crippen LogP contribution in [0.1, 0.15) is 24.5 Å². The number of aromatic nitrogens is 2. The predicted octanol–water partition coefficient (Wildman–Crippen LogP) is 4.06. The SMILES string of the molecule is CCCNc1nc2ccccn2c(=O)c1C=C1SC(=S)N(Cc2ccc(F)cc2)C1=O. The molecule has 3 heterocycles. The number of anilines is 1. The third kappa shape index (κ3) is 4.38. The average molecular weight is 455 g/mol. The van der Waals surface area contributed by atoms with Gasteiger partial charge in [-0.15, -0.1) is 0 Å². The van der Waals surface area contributed by atoms with E-state index < -0.39 is 0 Å². The monoisotopic (exact) mass is 454 g/mol. The van der Waals surface area contributed by atoms with Crippen LogP contribution in [0.2, 0.25) is 0 Å². The van der Waals surface area contributed by atoms with Crippen molar-refractivity contribution in [2.24, 2.45) is 0 Å². The Morgan fingerprint density at radius 3 is 2.71 bits per heavy atom. The standard InChI is InChI=1S/C22H19FN4O2S2/c1-2-10-24-19-16(20(28)26-11-4-3-5-18(26)25-19)12-17-21(29)27(22(30)31-17)13-14-6-8-15(23)9-7-14/h3-9,11-12,24H,2,10,13H2,1H3. The summed E-state index contributed by atoms with van der Waals surface area (Å²) in [5.41, 5.74) is 1.32. The van der Waals surface area contributed by atoms with Crippen LogP contribution < -0.4 is 10.9 Å². The van der Waals surface area contributed by atoms with E-state index in [0.29, 0.717) is 32.8 Å². The maximum absolute atomic E-state index is 13.2. The topological polar surface area (TPSA) is 66.7 Å². The smallest absolute Gasteiger partial charge is 0.267 e. The molecule has 1 amide bonds. The molecule has 1 fully saturated rings. The summed E-state index contributed by atoms with van der Waals surface area (Å²) < 4.78 is 15.0. The lowest BCUT2D eigenvalue weighted by atomic mass is 10.2. The summed E-state index contributed by atoms with van der Waals surface area (Å²) >= 11 is 6.52. The highest BCUT2D eigenvalue weighted by atomic mass is 32.2. The highest BCUT2D eigenvalue weighted by Gasteiger charge is 2.32. The third-order valence-corrected chi connectivity index (χ3v) is 6.09. The van der Waals surface area contributed by atoms with Gasteiger partial charge in [-0.05, 0) is 42.3 Å². The Hall–Kier alpha value is -3.04. The number of hydrogen-bond donors (Lipinski definition) is 1. The van der Waals surface area contributed by atoms with E-state index in [1.807, 2.05) is 13.0 Å². The van der Waals surface area contributed by atoms with Crippen molar-refractivity contribution in [2.75, 3.05) is 11.9 Å². The maximum atomic E-state index is 13.2. The number of nitrogens with one attached hydrogen (secondary N) is 1. The van der Waals surface area contributed by atoms with Crippen molar-refractivity contribution in [2.45, 2.75) is 19.9 Å². The summed E-state index contributed by atoms with van der Waals surface area (Å²) in [5, 5.41) is 3.18. The molecule has 158 valence electrons. The van der Waals surface area contributed by atoms with Gasteiger partial charge in [0.2, 0.25) is 0 Å². The van der Waals surface area contributed by atoms with Crippen LogP contribution in [0.5, 0.6) is 0 Å². The van der Waals surface area contributed by atoms with Crippen molar-refractivity contribution in [3.8, 4) is 0 Å². The summed E-state index contributed by atoms with van der Waals surface area (Å²) in [6.07, 6.45) is 4.05. The van der Waals surface area contributed by atoms with Crippen molar-refractivity contribution in [3.05, 3.63) is 80.9 Å². The van der Waals surface area contributed by atoms with E-state index in [4.69, 9.17) is 12.2 Å². The first kappa shape index (κ1) is 21.2. The van der Waals surface area contributed by atoms with Crippen LogP contribution in [-0.4, -0.2) is 31.1 Å². The van der Waals surface area contributed by atoms with Crippen molar-refractivity contribution < 1.29 is 9.18 Å². The van der Waals surface area contributed by atoms with E-state index in [-0.39, 0.29) is 23.8 Å². The quantitative estimate of drug-likeness (QED) is 0.448. The van der Waals surface area contributed by atoms with Gasteiger partial charge in [0.05, 0.1) is 17.0 Å². The summed E-state index contributed by atoms with van der Waals surface area (Å²) in [5.74, 6) is -0.203. The Morgan fingerprint density at radius 1 is 1.19 bits per heavy atom. The van der Waals surface area contributed by atoms with E-state index in [0.717, 1.165) is 23.7 Å². The van der Waals surface area contributed by atoms with Gasteiger partial charge in [-0.3, -0.25) is 18.9 Å². The number of hydrogen-bond acceptors (Lipinski definition) is 6. The van der Waals surface area contributed by atoms with Crippen LogP contribution >= 0.6 is 24.0 Å². The van der Waals surface area contributed by atoms with Crippen LogP contribution in [-0.2, 0) is 11.3 Å². The van der Waals surface area contributed by atoms with Crippen molar-refractivity contribution in [1.29, 1.82) is 0 Å². The number of thioether (sulfide) groups is 1. The van der Waals surface area contributed by atoms with Gasteiger partial charge in [-0.2, -0.15) is 0 Å². The number of nitrogens with zero attached hydrogens (tertiary/aromatic N) is 3. The molecule has 0 unspecified atom stereocenters. The number of amides is 1. The normalized spacial score (nSPS) is 15.3. The summed E-state index contributed by atoms with van der Waals surface area (Å²) in [7, 11) is 0. The van der Waals surface area contributed by atoms with Gasteiger partial charge in [0.15, 0.2) is 0 Å². The van der Waals surface area contributed by atoms with Crippen LogP contribution in [0.25, 0.3) is 11.7 Å². The number of benzene rings is 1. The number of rotatable bonds is 6. The summed E-state index contributed by atoms with van der Waals surface area (Å²) in [6.45, 7) is 2.89. The van der Waals surface area contributed by atoms with E-state index >= 15 is 0 Å². The van der Waals surface area contributed by atoms with Crippen molar-refractivity contribution in [3.63, 3.8) is 0 Å². The Kier molecular flexibility index (Phi) is 6.15. The van der Waals surface area contributed by atoms with Gasteiger partial charge in [0.1, 0.15) is 21.6 Å². The largest absolute Gasteiger partial charge is 0.369 e. The second-order valence-corrected chi connectivity index (χ2v) is 8.60. The second-order valence-electron chi connectivity index (χ2n) is 6.93. The number of carbonyl (C=O) groups is 1. The Morgan fingerprint density at radius 2 is 1.97 bits per heavy atom. The lowest BCUT2D eigenvalue weighted by Crippen LogP contribution is -2.27. The fourth-order valence-corrected chi connectivity index (χ4v) is 4.39. The fourth-order valence-electron chi connectivity index (χ4n) is 3.15. The summed E-state index contributed by atoms with van der Waals surface area (Å²) in [4.78, 5) is 32.5. The van der Waals surface area contributed by atoms with Crippen LogP contribution in [0.4, 0.5) is 10.2 Å². The zero-order valence-electron chi connectivity index (χ0n) is 16.7. The molecule has 0 atom stereocenters. The third-order valence-electron chi connectivity index (χ3n) is 4.71. The molecule has 31 heavy (non-hydrogen) atoms. The molecule has 9 heteroatoms. The molecule has 1 aliphatic heterocycles. The minimum Gasteiger partial charge on any atom is -0.369 e. The van der Waals surface area contributed by atoms with Gasteiger partial charge in [0, 0.05) is 12.7 Å². The Balaban J connectivity index is 1.71. The molecule has 0 radical (unpaired) electrons. The van der Waals surface area contributed by atoms with Gasteiger partial charge in [0.25, 0.3) is 11.5 Å². The number of thiocarbonyl (C=S) groups is 1. The van der Waals surface area contributed by atoms with E-state index in [9.17, 15) is 14.0 Å². The highest BCUT2D eigenvalue weighted by Crippen LogP contribution is 2.34. The average Bonchev–Trinajstić information content (AvgIpc) is 3.03. The molecule has 1 N–H and O–H groups in total. The maximum Gasteiger partial charge on any atom is 0.267 e. The number of carbonyl (C=O) groups excluding carboxylic acids is 1. The molecule has 0 aliphatic carbocycles. The lowest BCUT2D eigenvalue weighted by molar-refractivity contribution is -0.122. The van der Waals surface area contributed by atoms with E-state index in [1.165, 1.54) is 21.4 Å². The molecule has 6 nitrogen and oxygen atoms in total. The summed E-state index contributed by atoms with van der Waals surface area (Å²) in [6, 6.07) is 11.2. The Bertz CT molecular complexity index is 1250. The molecule has 1 aliphatic rings. The van der Waals surface area contributed by atoms with E-state index in [1.54, 1.807) is 36.5 Å². The molecule has 0 bridgehead atoms. The first-order chi connectivity index (χ1) is 15.0. The predicted molar refractivity (Wildman–Crippen MR) is 125 cm³/mol. The number of pyridine rings is 1. The van der Waals surface area contributed by atoms with Gasteiger partial charge in [-0.1, -0.05) is 49.1 Å². The van der Waals surface area contributed by atoms with Crippen LogP contribution in [0.15, 0.2) is 58.4 Å². The molecular weight excluding hydrogens is 435 g/mol. The van der Waals surface area contributed by atoms with Crippen LogP contribution in [0.3, 0.4) is 0 Å². The first-order valence-electron chi connectivity index (χ1n) is 9.73.